The normalized spacial score (nSPS) is 10.9. The van der Waals surface area contributed by atoms with Gasteiger partial charge in [-0.2, -0.15) is 0 Å². The van der Waals surface area contributed by atoms with Crippen LogP contribution >= 0.6 is 11.6 Å². The number of rotatable bonds is 5. The van der Waals surface area contributed by atoms with Gasteiger partial charge in [-0.1, -0.05) is 11.6 Å². The maximum absolute atomic E-state index is 13.2. The number of ether oxygens (including phenoxy) is 1. The molecule has 0 aliphatic carbocycles. The Morgan fingerprint density at radius 3 is 2.71 bits per heavy atom. The Balaban J connectivity index is 1.37. The Hall–Kier alpha value is -4.43. The van der Waals surface area contributed by atoms with Crippen molar-refractivity contribution in [2.45, 2.75) is 0 Å². The number of halogens is 2. The number of amides is 1. The fraction of sp³-hybridized carbons (Fsp3) is 0. The lowest BCUT2D eigenvalue weighted by atomic mass is 10.2. The summed E-state index contributed by atoms with van der Waals surface area (Å²) in [5.74, 6) is 0.0224. The minimum Gasteiger partial charge on any atom is -0.456 e. The molecule has 0 radical (unpaired) electrons. The number of hydrogen-bond donors (Lipinski definition) is 2. The quantitative estimate of drug-likeness (QED) is 0.349. The highest BCUT2D eigenvalue weighted by molar-refractivity contribution is 6.34. The van der Waals surface area contributed by atoms with Gasteiger partial charge in [0.2, 0.25) is 0 Å². The molecule has 0 spiro atoms. The smallest absolute Gasteiger partial charge is 0.267 e. The highest BCUT2D eigenvalue weighted by Gasteiger charge is 2.15. The van der Waals surface area contributed by atoms with Crippen molar-refractivity contribution in [2.24, 2.45) is 0 Å². The van der Waals surface area contributed by atoms with E-state index in [1.807, 2.05) is 6.07 Å². The minimum absolute atomic E-state index is 0.0881. The van der Waals surface area contributed by atoms with Gasteiger partial charge in [0.15, 0.2) is 0 Å². The minimum atomic E-state index is -0.625. The summed E-state index contributed by atoms with van der Waals surface area (Å²) in [4.78, 5) is 32.9. The molecule has 0 saturated carbocycles. The van der Waals surface area contributed by atoms with Crippen LogP contribution in [0.15, 0.2) is 90.1 Å². The molecule has 0 aliphatic rings. The molecule has 2 N–H and O–H groups in total. The molecule has 0 aliphatic heterocycles. The van der Waals surface area contributed by atoms with E-state index in [1.54, 1.807) is 42.7 Å². The number of H-pyrrole nitrogens is 1. The van der Waals surface area contributed by atoms with Crippen LogP contribution in [-0.2, 0) is 0 Å². The average molecular weight is 475 g/mol. The van der Waals surface area contributed by atoms with Gasteiger partial charge in [0, 0.05) is 30.3 Å². The number of nitrogens with zero attached hydrogens (tertiary/aromatic N) is 2. The Morgan fingerprint density at radius 1 is 1.09 bits per heavy atom. The summed E-state index contributed by atoms with van der Waals surface area (Å²) in [5.41, 5.74) is 0.817. The molecule has 34 heavy (non-hydrogen) atoms. The first-order valence-electron chi connectivity index (χ1n) is 10.2. The Labute approximate surface area is 197 Å². The molecule has 0 bridgehead atoms. The first kappa shape index (κ1) is 21.4. The lowest BCUT2D eigenvalue weighted by Gasteiger charge is -2.12. The second-order valence-corrected chi connectivity index (χ2v) is 7.73. The van der Waals surface area contributed by atoms with Crippen molar-refractivity contribution in [1.29, 1.82) is 0 Å². The average Bonchev–Trinajstić information content (AvgIpc) is 3.32. The fourth-order valence-corrected chi connectivity index (χ4v) is 3.69. The summed E-state index contributed by atoms with van der Waals surface area (Å²) < 4.78 is 20.4. The van der Waals surface area contributed by atoms with Crippen LogP contribution in [0.2, 0.25) is 5.02 Å². The summed E-state index contributed by atoms with van der Waals surface area (Å²) in [7, 11) is 0. The van der Waals surface area contributed by atoms with E-state index in [2.05, 4.69) is 15.3 Å². The van der Waals surface area contributed by atoms with Gasteiger partial charge in [0.25, 0.3) is 11.5 Å². The number of carbonyl (C=O) groups is 1. The van der Waals surface area contributed by atoms with Crippen LogP contribution in [0.25, 0.3) is 16.7 Å². The third-order valence-corrected chi connectivity index (χ3v) is 5.45. The van der Waals surface area contributed by atoms with Crippen LogP contribution in [0.4, 0.5) is 10.1 Å². The van der Waals surface area contributed by atoms with Crippen molar-refractivity contribution < 1.29 is 13.9 Å². The number of hydrogen-bond acceptors (Lipinski definition) is 4. The Morgan fingerprint density at radius 2 is 1.91 bits per heavy atom. The molecule has 0 unspecified atom stereocenters. The summed E-state index contributed by atoms with van der Waals surface area (Å²) in [6, 6.07) is 16.8. The predicted octanol–water partition coefficient (Wildman–Crippen LogP) is 5.55. The van der Waals surface area contributed by atoms with Crippen molar-refractivity contribution in [2.75, 3.05) is 5.32 Å². The van der Waals surface area contributed by atoms with E-state index in [1.165, 1.54) is 41.1 Å². The van der Waals surface area contributed by atoms with Crippen LogP contribution in [-0.4, -0.2) is 20.4 Å². The fourth-order valence-electron chi connectivity index (χ4n) is 3.47. The number of pyridine rings is 2. The van der Waals surface area contributed by atoms with Gasteiger partial charge < -0.3 is 15.0 Å². The number of nitrogens with one attached hydrogen (secondary N) is 2. The van der Waals surface area contributed by atoms with Crippen LogP contribution in [0.5, 0.6) is 11.5 Å². The van der Waals surface area contributed by atoms with E-state index < -0.39 is 17.3 Å². The van der Waals surface area contributed by atoms with Crippen molar-refractivity contribution in [1.82, 2.24) is 14.5 Å². The zero-order valence-corrected chi connectivity index (χ0v) is 18.2. The largest absolute Gasteiger partial charge is 0.456 e. The summed E-state index contributed by atoms with van der Waals surface area (Å²) in [5, 5.41) is 3.71. The van der Waals surface area contributed by atoms with E-state index in [0.717, 1.165) is 5.39 Å². The number of aromatic amines is 1. The van der Waals surface area contributed by atoms with Crippen molar-refractivity contribution in [3.05, 3.63) is 112 Å². The Bertz CT molecular complexity index is 1580. The van der Waals surface area contributed by atoms with E-state index in [-0.39, 0.29) is 10.6 Å². The zero-order chi connectivity index (χ0) is 23.7. The number of fused-ring (bicyclic) bond motifs is 1. The monoisotopic (exact) mass is 474 g/mol. The summed E-state index contributed by atoms with van der Waals surface area (Å²) >= 11 is 6.37. The van der Waals surface area contributed by atoms with Gasteiger partial charge in [0.05, 0.1) is 16.1 Å². The van der Waals surface area contributed by atoms with E-state index >= 15 is 0 Å². The molecule has 2 aromatic carbocycles. The van der Waals surface area contributed by atoms with Gasteiger partial charge in [-0.15, -0.1) is 0 Å². The van der Waals surface area contributed by atoms with Crippen LogP contribution in [0.1, 0.15) is 10.4 Å². The Kier molecular flexibility index (Phi) is 5.57. The molecule has 9 heteroatoms. The van der Waals surface area contributed by atoms with Gasteiger partial charge in [-0.05, 0) is 60.7 Å². The predicted molar refractivity (Wildman–Crippen MR) is 128 cm³/mol. The summed E-state index contributed by atoms with van der Waals surface area (Å²) in [6.07, 6.45) is 4.90. The van der Waals surface area contributed by atoms with Crippen molar-refractivity contribution >= 4 is 34.2 Å². The van der Waals surface area contributed by atoms with Crippen LogP contribution < -0.4 is 15.6 Å². The number of anilines is 1. The van der Waals surface area contributed by atoms with Crippen molar-refractivity contribution in [3.63, 3.8) is 0 Å². The third-order valence-electron chi connectivity index (χ3n) is 5.13. The molecule has 3 aromatic heterocycles. The maximum Gasteiger partial charge on any atom is 0.267 e. The molecule has 5 rings (SSSR count). The molecule has 7 nitrogen and oxygen atoms in total. The zero-order valence-electron chi connectivity index (χ0n) is 17.5. The molecule has 168 valence electrons. The van der Waals surface area contributed by atoms with Gasteiger partial charge in [-0.25, -0.2) is 9.37 Å². The van der Waals surface area contributed by atoms with Crippen molar-refractivity contribution in [3.8, 4) is 17.2 Å². The molecular formula is C25H16ClFN4O3. The van der Waals surface area contributed by atoms with E-state index in [4.69, 9.17) is 16.3 Å². The van der Waals surface area contributed by atoms with E-state index in [0.29, 0.717) is 28.5 Å². The standard InChI is InChI=1S/C25H16ClFN4O3/c26-20-14-17(34-22-10-12-29-23-18(22)9-11-28-23)7-8-21(20)30-24(32)19-2-1-13-31(25(19)33)16-5-3-15(27)4-6-16/h1-14H,(H,28,29)(H,30,32). The first-order chi connectivity index (χ1) is 16.5. The second kappa shape index (κ2) is 8.84. The maximum atomic E-state index is 13.2. The SMILES string of the molecule is O=C(Nc1ccc(Oc2ccnc3[nH]ccc23)cc1Cl)c1cccn(-c2ccc(F)cc2)c1=O. The molecule has 5 aromatic rings. The van der Waals surface area contributed by atoms with Gasteiger partial charge >= 0.3 is 0 Å². The molecule has 3 heterocycles. The molecule has 1 amide bonds. The topological polar surface area (TPSA) is 89.0 Å². The van der Waals surface area contributed by atoms with E-state index in [9.17, 15) is 14.0 Å². The van der Waals surface area contributed by atoms with Gasteiger partial charge in [0.1, 0.15) is 28.5 Å². The number of aromatic nitrogens is 3. The van der Waals surface area contributed by atoms with Crippen LogP contribution in [0, 0.1) is 5.82 Å². The number of carbonyl (C=O) groups excluding carboxylic acids is 1. The van der Waals surface area contributed by atoms with Crippen LogP contribution in [0.3, 0.4) is 0 Å². The number of benzene rings is 2. The lowest BCUT2D eigenvalue weighted by Crippen LogP contribution is -2.27. The highest BCUT2D eigenvalue weighted by Crippen LogP contribution is 2.32. The highest BCUT2D eigenvalue weighted by atomic mass is 35.5. The molecule has 0 atom stereocenters. The second-order valence-electron chi connectivity index (χ2n) is 7.32. The molecular weight excluding hydrogens is 459 g/mol. The van der Waals surface area contributed by atoms with Gasteiger partial charge in [-0.3, -0.25) is 14.2 Å². The molecule has 0 fully saturated rings. The lowest BCUT2D eigenvalue weighted by molar-refractivity contribution is 0.102. The third kappa shape index (κ3) is 4.14. The molecule has 0 saturated heterocycles. The summed E-state index contributed by atoms with van der Waals surface area (Å²) in [6.45, 7) is 0. The first-order valence-corrected chi connectivity index (χ1v) is 10.6.